The number of carbonyl (C=O) groups is 1. The molecular weight excluding hydrogens is 376 g/mol. The Morgan fingerprint density at radius 2 is 1.68 bits per heavy atom. The molecule has 0 bridgehead atoms. The van der Waals surface area contributed by atoms with E-state index in [-0.39, 0.29) is 17.8 Å². The van der Waals surface area contributed by atoms with Gasteiger partial charge in [0.2, 0.25) is 0 Å². The van der Waals surface area contributed by atoms with Gasteiger partial charge in [0.25, 0.3) is 0 Å². The second kappa shape index (κ2) is 9.87. The predicted molar refractivity (Wildman–Crippen MR) is 110 cm³/mol. The summed E-state index contributed by atoms with van der Waals surface area (Å²) in [6, 6.07) is 16.7. The summed E-state index contributed by atoms with van der Waals surface area (Å²) in [6.07, 6.45) is 2.23. The highest BCUT2D eigenvalue weighted by Crippen LogP contribution is 2.44. The number of carbonyl (C=O) groups excluding carboxylic acids is 1. The van der Waals surface area contributed by atoms with E-state index < -0.39 is 6.29 Å². The maximum atomic E-state index is 13.0. The number of esters is 1. The van der Waals surface area contributed by atoms with Crippen molar-refractivity contribution in [2.45, 2.75) is 32.5 Å². The molecule has 1 aliphatic carbocycles. The number of rotatable bonds is 8. The number of halogens is 1. The van der Waals surface area contributed by atoms with Crippen molar-refractivity contribution >= 4 is 17.6 Å². The van der Waals surface area contributed by atoms with Crippen molar-refractivity contribution in [1.29, 1.82) is 0 Å². The lowest BCUT2D eigenvalue weighted by molar-refractivity contribution is -0.168. The molecule has 148 valence electrons. The van der Waals surface area contributed by atoms with Crippen LogP contribution in [-0.4, -0.2) is 25.5 Å². The topological polar surface area (TPSA) is 44.8 Å². The van der Waals surface area contributed by atoms with Crippen molar-refractivity contribution in [1.82, 2.24) is 0 Å². The van der Waals surface area contributed by atoms with E-state index in [1.807, 2.05) is 62.4 Å². The fourth-order valence-electron chi connectivity index (χ4n) is 3.61. The summed E-state index contributed by atoms with van der Waals surface area (Å²) >= 11 is 6.07. The van der Waals surface area contributed by atoms with Gasteiger partial charge in [0, 0.05) is 35.6 Å². The van der Waals surface area contributed by atoms with E-state index >= 15 is 0 Å². The number of hydrogen-bond acceptors (Lipinski definition) is 4. The largest absolute Gasteiger partial charge is 0.423 e. The molecule has 28 heavy (non-hydrogen) atoms. The van der Waals surface area contributed by atoms with Crippen molar-refractivity contribution in [3.63, 3.8) is 0 Å². The third-order valence-electron chi connectivity index (χ3n) is 4.80. The molecule has 2 aromatic rings. The molecule has 0 amide bonds. The van der Waals surface area contributed by atoms with Crippen LogP contribution in [0, 0.1) is 5.92 Å². The number of benzene rings is 2. The van der Waals surface area contributed by atoms with Gasteiger partial charge in [0.05, 0.1) is 0 Å². The zero-order valence-corrected chi connectivity index (χ0v) is 16.9. The van der Waals surface area contributed by atoms with E-state index in [1.54, 1.807) is 12.1 Å². The minimum atomic E-state index is -0.394. The first-order chi connectivity index (χ1) is 13.6. The first kappa shape index (κ1) is 20.6. The van der Waals surface area contributed by atoms with Gasteiger partial charge >= 0.3 is 5.97 Å². The van der Waals surface area contributed by atoms with E-state index in [2.05, 4.69) is 0 Å². The average molecular weight is 401 g/mol. The minimum absolute atomic E-state index is 0.0144. The monoisotopic (exact) mass is 400 g/mol. The van der Waals surface area contributed by atoms with Gasteiger partial charge in [-0.25, -0.2) is 4.79 Å². The van der Waals surface area contributed by atoms with Crippen molar-refractivity contribution in [3.05, 3.63) is 76.8 Å². The Bertz CT molecular complexity index is 795. The molecule has 0 unspecified atom stereocenters. The first-order valence-corrected chi connectivity index (χ1v) is 9.97. The standard InChI is InChI=1S/C23H25ClO4/c1-3-26-23(27-4-2)20-15-14-19(21(20)16-10-12-17(24)13-11-16)22(25)28-18-8-6-5-7-9-18/h5-14,20-21,23H,3-4,15H2,1-2H3/t20-,21+/m1/s1. The van der Waals surface area contributed by atoms with Crippen molar-refractivity contribution in [3.8, 4) is 5.75 Å². The van der Waals surface area contributed by atoms with E-state index in [0.29, 0.717) is 36.0 Å². The van der Waals surface area contributed by atoms with Crippen LogP contribution in [0.15, 0.2) is 66.2 Å². The second-order valence-corrected chi connectivity index (χ2v) is 7.01. The van der Waals surface area contributed by atoms with Gasteiger partial charge in [-0.2, -0.15) is 0 Å². The summed E-state index contributed by atoms with van der Waals surface area (Å²) in [5.41, 5.74) is 1.62. The van der Waals surface area contributed by atoms with Gasteiger partial charge in [-0.3, -0.25) is 0 Å². The molecule has 0 saturated carbocycles. The molecule has 0 fully saturated rings. The van der Waals surface area contributed by atoms with Gasteiger partial charge in [-0.05, 0) is 50.1 Å². The Hall–Kier alpha value is -2.14. The quantitative estimate of drug-likeness (QED) is 0.339. The third kappa shape index (κ3) is 4.82. The van der Waals surface area contributed by atoms with Crippen molar-refractivity contribution in [2.24, 2.45) is 5.92 Å². The summed E-state index contributed by atoms with van der Waals surface area (Å²) < 4.78 is 17.3. The highest BCUT2D eigenvalue weighted by molar-refractivity contribution is 6.30. The predicted octanol–water partition coefficient (Wildman–Crippen LogP) is 5.37. The molecule has 0 N–H and O–H groups in total. The number of ether oxygens (including phenoxy) is 3. The van der Waals surface area contributed by atoms with Crippen LogP contribution in [0.2, 0.25) is 5.02 Å². The molecule has 3 rings (SSSR count). The first-order valence-electron chi connectivity index (χ1n) is 9.60. The van der Waals surface area contributed by atoms with E-state index in [9.17, 15) is 4.79 Å². The molecule has 0 radical (unpaired) electrons. The highest BCUT2D eigenvalue weighted by Gasteiger charge is 2.40. The minimum Gasteiger partial charge on any atom is -0.423 e. The lowest BCUT2D eigenvalue weighted by atomic mass is 9.84. The summed E-state index contributed by atoms with van der Waals surface area (Å²) in [6.45, 7) is 4.96. The molecule has 4 nitrogen and oxygen atoms in total. The molecule has 2 atom stereocenters. The molecule has 0 spiro atoms. The summed E-state index contributed by atoms with van der Waals surface area (Å²) in [5.74, 6) is -0.0192. The average Bonchev–Trinajstić information content (AvgIpc) is 3.14. The SMILES string of the molecule is CCOC(OCC)[C@@H]1CC=C(C(=O)Oc2ccccc2)[C@@H]1c1ccc(Cl)cc1. The summed E-state index contributed by atoms with van der Waals surface area (Å²) in [5, 5.41) is 0.654. The molecular formula is C23H25ClO4. The van der Waals surface area contributed by atoms with Crippen LogP contribution in [-0.2, 0) is 14.3 Å². The Labute approximate surface area is 171 Å². The van der Waals surface area contributed by atoms with Crippen LogP contribution in [0.3, 0.4) is 0 Å². The van der Waals surface area contributed by atoms with Crippen LogP contribution >= 0.6 is 11.6 Å². The lowest BCUT2D eigenvalue weighted by Gasteiger charge is -2.30. The third-order valence-corrected chi connectivity index (χ3v) is 5.06. The molecule has 2 aromatic carbocycles. The van der Waals surface area contributed by atoms with Gasteiger partial charge in [-0.15, -0.1) is 0 Å². The van der Waals surface area contributed by atoms with Crippen molar-refractivity contribution < 1.29 is 19.0 Å². The Balaban J connectivity index is 1.89. The van der Waals surface area contributed by atoms with Crippen LogP contribution in [0.25, 0.3) is 0 Å². The lowest BCUT2D eigenvalue weighted by Crippen LogP contribution is -2.31. The molecule has 5 heteroatoms. The normalized spacial score (nSPS) is 18.9. The van der Waals surface area contributed by atoms with Gasteiger partial charge in [-0.1, -0.05) is 48.0 Å². The molecule has 0 aromatic heterocycles. The Morgan fingerprint density at radius 3 is 2.29 bits per heavy atom. The van der Waals surface area contributed by atoms with Gasteiger partial charge < -0.3 is 14.2 Å². The fraction of sp³-hybridized carbons (Fsp3) is 0.348. The van der Waals surface area contributed by atoms with E-state index in [0.717, 1.165) is 5.56 Å². The highest BCUT2D eigenvalue weighted by atomic mass is 35.5. The zero-order chi connectivity index (χ0) is 19.9. The number of allylic oxidation sites excluding steroid dienone is 1. The maximum Gasteiger partial charge on any atom is 0.339 e. The Kier molecular flexibility index (Phi) is 7.26. The summed E-state index contributed by atoms with van der Waals surface area (Å²) in [7, 11) is 0. The fourth-order valence-corrected chi connectivity index (χ4v) is 3.74. The molecule has 0 aliphatic heterocycles. The second-order valence-electron chi connectivity index (χ2n) is 6.57. The summed E-state index contributed by atoms with van der Waals surface area (Å²) in [4.78, 5) is 13.0. The van der Waals surface area contributed by atoms with Gasteiger partial charge in [0.1, 0.15) is 5.75 Å². The van der Waals surface area contributed by atoms with Crippen LogP contribution in [0.1, 0.15) is 31.7 Å². The van der Waals surface area contributed by atoms with E-state index in [4.69, 9.17) is 25.8 Å². The Morgan fingerprint density at radius 1 is 1.04 bits per heavy atom. The van der Waals surface area contributed by atoms with Crippen LogP contribution in [0.4, 0.5) is 0 Å². The molecule has 0 heterocycles. The molecule has 1 aliphatic rings. The van der Waals surface area contributed by atoms with Crippen LogP contribution in [0.5, 0.6) is 5.75 Å². The zero-order valence-electron chi connectivity index (χ0n) is 16.1. The van der Waals surface area contributed by atoms with Crippen LogP contribution < -0.4 is 4.74 Å². The molecule has 0 saturated heterocycles. The smallest absolute Gasteiger partial charge is 0.339 e. The maximum absolute atomic E-state index is 13.0. The van der Waals surface area contributed by atoms with E-state index in [1.165, 1.54) is 0 Å². The van der Waals surface area contributed by atoms with Gasteiger partial charge in [0.15, 0.2) is 6.29 Å². The van der Waals surface area contributed by atoms with Crippen molar-refractivity contribution in [2.75, 3.05) is 13.2 Å². The number of hydrogen-bond donors (Lipinski definition) is 0. The number of para-hydroxylation sites is 1.